The van der Waals surface area contributed by atoms with Gasteiger partial charge in [0.2, 0.25) is 0 Å². The van der Waals surface area contributed by atoms with Gasteiger partial charge < -0.3 is 20.1 Å². The third-order valence-electron chi connectivity index (χ3n) is 2.82. The summed E-state index contributed by atoms with van der Waals surface area (Å²) in [6, 6.07) is 7.58. The van der Waals surface area contributed by atoms with Crippen LogP contribution < -0.4 is 5.32 Å². The Morgan fingerprint density at radius 1 is 1.32 bits per heavy atom. The van der Waals surface area contributed by atoms with Crippen LogP contribution in [-0.4, -0.2) is 42.4 Å². The lowest BCUT2D eigenvalue weighted by molar-refractivity contribution is 0.0868. The van der Waals surface area contributed by atoms with Gasteiger partial charge in [-0.25, -0.2) is 0 Å². The fourth-order valence-electron chi connectivity index (χ4n) is 1.91. The van der Waals surface area contributed by atoms with Gasteiger partial charge in [-0.3, -0.25) is 4.79 Å². The van der Waals surface area contributed by atoms with Gasteiger partial charge in [0.15, 0.2) is 0 Å². The lowest BCUT2D eigenvalue weighted by Gasteiger charge is -2.06. The maximum atomic E-state index is 12.0. The molecule has 0 aliphatic rings. The van der Waals surface area contributed by atoms with Crippen LogP contribution in [0.25, 0.3) is 10.9 Å². The van der Waals surface area contributed by atoms with E-state index in [-0.39, 0.29) is 12.5 Å². The maximum Gasteiger partial charge on any atom is 0.253 e. The molecule has 0 saturated carbocycles. The van der Waals surface area contributed by atoms with Crippen LogP contribution in [0, 0.1) is 0 Å². The molecule has 0 fully saturated rings. The Labute approximate surface area is 111 Å². The van der Waals surface area contributed by atoms with E-state index < -0.39 is 0 Å². The number of aliphatic hydroxyl groups excluding tert-OH is 1. The van der Waals surface area contributed by atoms with E-state index in [1.165, 1.54) is 0 Å². The van der Waals surface area contributed by atoms with Gasteiger partial charge in [-0.05, 0) is 18.6 Å². The van der Waals surface area contributed by atoms with Crippen LogP contribution in [0.5, 0.6) is 0 Å². The molecule has 3 N–H and O–H groups in total. The normalized spacial score (nSPS) is 10.8. The monoisotopic (exact) mass is 262 g/mol. The van der Waals surface area contributed by atoms with Crippen molar-refractivity contribution in [3.8, 4) is 0 Å². The number of nitrogens with one attached hydrogen (secondary N) is 2. The number of aromatic amines is 1. The molecule has 102 valence electrons. The number of hydrogen-bond acceptors (Lipinski definition) is 3. The zero-order valence-corrected chi connectivity index (χ0v) is 10.7. The Balaban J connectivity index is 1.85. The number of H-pyrrole nitrogens is 1. The molecule has 1 amide bonds. The molecule has 0 atom stereocenters. The fraction of sp³-hybridized carbons (Fsp3) is 0.357. The van der Waals surface area contributed by atoms with E-state index in [0.717, 1.165) is 17.3 Å². The van der Waals surface area contributed by atoms with Crippen LogP contribution in [0.3, 0.4) is 0 Å². The van der Waals surface area contributed by atoms with E-state index >= 15 is 0 Å². The van der Waals surface area contributed by atoms with E-state index in [1.54, 1.807) is 6.07 Å². The summed E-state index contributed by atoms with van der Waals surface area (Å²) in [4.78, 5) is 15.1. The fourth-order valence-corrected chi connectivity index (χ4v) is 1.91. The summed E-state index contributed by atoms with van der Waals surface area (Å²) in [5, 5.41) is 12.4. The number of aromatic nitrogens is 1. The Kier molecular flexibility index (Phi) is 4.94. The Morgan fingerprint density at radius 2 is 2.21 bits per heavy atom. The highest BCUT2D eigenvalue weighted by atomic mass is 16.5. The van der Waals surface area contributed by atoms with Gasteiger partial charge in [0.05, 0.1) is 24.3 Å². The molecule has 0 unspecified atom stereocenters. The first kappa shape index (κ1) is 13.6. The van der Waals surface area contributed by atoms with Crippen molar-refractivity contribution in [1.29, 1.82) is 0 Å². The third kappa shape index (κ3) is 3.56. The molecule has 0 spiro atoms. The van der Waals surface area contributed by atoms with E-state index in [0.29, 0.717) is 25.3 Å². The average molecular weight is 262 g/mol. The van der Waals surface area contributed by atoms with Crippen LogP contribution in [0.1, 0.15) is 16.8 Å². The van der Waals surface area contributed by atoms with Crippen molar-refractivity contribution < 1.29 is 14.6 Å². The van der Waals surface area contributed by atoms with E-state index in [4.69, 9.17) is 9.84 Å². The SMILES string of the molecule is O=C(NCCCOCCO)c1cccc2cc[nH]c12. The number of para-hydroxylation sites is 1. The molecule has 0 radical (unpaired) electrons. The second-order valence-electron chi connectivity index (χ2n) is 4.19. The molecule has 2 aromatic rings. The second kappa shape index (κ2) is 6.92. The number of fused-ring (bicyclic) bond motifs is 1. The van der Waals surface area contributed by atoms with Crippen molar-refractivity contribution in [2.45, 2.75) is 6.42 Å². The first-order valence-corrected chi connectivity index (χ1v) is 6.36. The number of amides is 1. The van der Waals surface area contributed by atoms with Crippen molar-refractivity contribution >= 4 is 16.8 Å². The molecule has 0 saturated heterocycles. The van der Waals surface area contributed by atoms with Crippen LogP contribution in [0.15, 0.2) is 30.5 Å². The Bertz CT molecular complexity index is 536. The molecule has 1 aromatic carbocycles. The number of carbonyl (C=O) groups excluding carboxylic acids is 1. The molecule has 2 rings (SSSR count). The second-order valence-corrected chi connectivity index (χ2v) is 4.19. The minimum atomic E-state index is -0.0878. The minimum absolute atomic E-state index is 0.0289. The van der Waals surface area contributed by atoms with Crippen LogP contribution in [0.2, 0.25) is 0 Å². The molecule has 0 aliphatic heterocycles. The molecule has 19 heavy (non-hydrogen) atoms. The molecule has 1 heterocycles. The van der Waals surface area contributed by atoms with Crippen LogP contribution in [-0.2, 0) is 4.74 Å². The van der Waals surface area contributed by atoms with E-state index in [2.05, 4.69) is 10.3 Å². The van der Waals surface area contributed by atoms with E-state index in [9.17, 15) is 4.79 Å². The van der Waals surface area contributed by atoms with Crippen molar-refractivity contribution in [3.05, 3.63) is 36.0 Å². The molecule has 5 heteroatoms. The standard InChI is InChI=1S/C14H18N2O3/c17-8-10-19-9-2-6-16-14(18)12-4-1-3-11-5-7-15-13(11)12/h1,3-5,7,15,17H,2,6,8-10H2,(H,16,18). The van der Waals surface area contributed by atoms with Crippen molar-refractivity contribution in [3.63, 3.8) is 0 Å². The maximum absolute atomic E-state index is 12.0. The van der Waals surface area contributed by atoms with Gasteiger partial charge in [0.1, 0.15) is 0 Å². The number of hydrogen-bond donors (Lipinski definition) is 3. The third-order valence-corrected chi connectivity index (χ3v) is 2.82. The zero-order valence-electron chi connectivity index (χ0n) is 10.7. The molecule has 0 aliphatic carbocycles. The molecule has 1 aromatic heterocycles. The summed E-state index contributed by atoms with van der Waals surface area (Å²) in [6.07, 6.45) is 2.55. The zero-order chi connectivity index (χ0) is 13.5. The number of aliphatic hydroxyl groups is 1. The largest absolute Gasteiger partial charge is 0.394 e. The van der Waals surface area contributed by atoms with E-state index in [1.807, 2.05) is 24.4 Å². The minimum Gasteiger partial charge on any atom is -0.394 e. The highest BCUT2D eigenvalue weighted by Crippen LogP contribution is 2.16. The summed E-state index contributed by atoms with van der Waals surface area (Å²) < 4.78 is 5.12. The molecular weight excluding hydrogens is 244 g/mol. The lowest BCUT2D eigenvalue weighted by atomic mass is 10.1. The smallest absolute Gasteiger partial charge is 0.253 e. The van der Waals surface area contributed by atoms with Crippen molar-refractivity contribution in [2.75, 3.05) is 26.4 Å². The summed E-state index contributed by atoms with van der Waals surface area (Å²) in [6.45, 7) is 1.46. The summed E-state index contributed by atoms with van der Waals surface area (Å²) in [5.74, 6) is -0.0878. The summed E-state index contributed by atoms with van der Waals surface area (Å²) >= 11 is 0. The number of ether oxygens (including phenoxy) is 1. The Hall–Kier alpha value is -1.85. The highest BCUT2D eigenvalue weighted by Gasteiger charge is 2.09. The van der Waals surface area contributed by atoms with Crippen LogP contribution >= 0.6 is 0 Å². The lowest BCUT2D eigenvalue weighted by Crippen LogP contribution is -2.25. The van der Waals surface area contributed by atoms with Gasteiger partial charge in [0.25, 0.3) is 5.91 Å². The highest BCUT2D eigenvalue weighted by molar-refractivity contribution is 6.05. The predicted molar refractivity (Wildman–Crippen MR) is 73.2 cm³/mol. The molecule has 5 nitrogen and oxygen atoms in total. The van der Waals surface area contributed by atoms with Gasteiger partial charge in [-0.1, -0.05) is 12.1 Å². The number of rotatable bonds is 7. The van der Waals surface area contributed by atoms with Gasteiger partial charge in [-0.15, -0.1) is 0 Å². The summed E-state index contributed by atoms with van der Waals surface area (Å²) in [5.41, 5.74) is 1.51. The number of carbonyl (C=O) groups is 1. The molecule has 0 bridgehead atoms. The predicted octanol–water partition coefficient (Wildman–Crippen LogP) is 1.30. The number of benzene rings is 1. The van der Waals surface area contributed by atoms with Gasteiger partial charge in [-0.2, -0.15) is 0 Å². The van der Waals surface area contributed by atoms with Crippen molar-refractivity contribution in [1.82, 2.24) is 10.3 Å². The topological polar surface area (TPSA) is 74.3 Å². The first-order chi connectivity index (χ1) is 9.33. The van der Waals surface area contributed by atoms with Gasteiger partial charge >= 0.3 is 0 Å². The first-order valence-electron chi connectivity index (χ1n) is 6.36. The van der Waals surface area contributed by atoms with Crippen molar-refractivity contribution in [2.24, 2.45) is 0 Å². The average Bonchev–Trinajstić information content (AvgIpc) is 2.90. The van der Waals surface area contributed by atoms with Crippen LogP contribution in [0.4, 0.5) is 0 Å². The van der Waals surface area contributed by atoms with Gasteiger partial charge in [0, 0.05) is 24.7 Å². The molecular formula is C14H18N2O3. The summed E-state index contributed by atoms with van der Waals surface area (Å²) in [7, 11) is 0. The Morgan fingerprint density at radius 3 is 3.05 bits per heavy atom. The quantitative estimate of drug-likeness (QED) is 0.658.